The number of rotatable bonds is 3. The molecule has 0 nitrogen and oxygen atoms in total. The van der Waals surface area contributed by atoms with Crippen LogP contribution < -0.4 is 0 Å². The van der Waals surface area contributed by atoms with Crippen molar-refractivity contribution in [1.82, 2.24) is 0 Å². The van der Waals surface area contributed by atoms with E-state index in [9.17, 15) is 4.39 Å². The van der Waals surface area contributed by atoms with Crippen molar-refractivity contribution in [1.29, 1.82) is 0 Å². The number of halogens is 2. The van der Waals surface area contributed by atoms with Gasteiger partial charge in [-0.3, -0.25) is 0 Å². The maximum absolute atomic E-state index is 12.9. The summed E-state index contributed by atoms with van der Waals surface area (Å²) in [6, 6.07) is 6.67. The van der Waals surface area contributed by atoms with Crippen LogP contribution in [-0.2, 0) is 0 Å². The molecule has 0 heterocycles. The van der Waals surface area contributed by atoms with Crippen molar-refractivity contribution in [3.05, 3.63) is 35.6 Å². The fourth-order valence-electron chi connectivity index (χ4n) is 1.39. The Morgan fingerprint density at radius 3 is 2.54 bits per heavy atom. The van der Waals surface area contributed by atoms with E-state index in [1.807, 2.05) is 6.07 Å². The molecule has 1 rings (SSSR count). The van der Waals surface area contributed by atoms with Crippen molar-refractivity contribution >= 4 is 11.6 Å². The molecule has 72 valence electrons. The van der Waals surface area contributed by atoms with E-state index in [-0.39, 0.29) is 11.7 Å². The van der Waals surface area contributed by atoms with Crippen molar-refractivity contribution < 1.29 is 4.39 Å². The van der Waals surface area contributed by atoms with E-state index < -0.39 is 0 Å². The molecule has 1 unspecified atom stereocenters. The Kier molecular flexibility index (Phi) is 3.73. The number of benzene rings is 1. The van der Waals surface area contributed by atoms with Crippen molar-refractivity contribution in [3.63, 3.8) is 0 Å². The molecule has 0 N–H and O–H groups in total. The van der Waals surface area contributed by atoms with Crippen LogP contribution in [0.2, 0.25) is 0 Å². The van der Waals surface area contributed by atoms with E-state index in [0.717, 1.165) is 5.56 Å². The van der Waals surface area contributed by atoms with E-state index >= 15 is 0 Å². The van der Waals surface area contributed by atoms with Crippen LogP contribution in [0.1, 0.15) is 25.3 Å². The summed E-state index contributed by atoms with van der Waals surface area (Å²) in [7, 11) is 0. The van der Waals surface area contributed by atoms with Gasteiger partial charge >= 0.3 is 0 Å². The molecule has 1 aromatic rings. The molecule has 0 radical (unpaired) electrons. The summed E-state index contributed by atoms with van der Waals surface area (Å²) in [4.78, 5) is 0. The summed E-state index contributed by atoms with van der Waals surface area (Å²) in [5.41, 5.74) is 0.991. The molecule has 0 saturated carbocycles. The second kappa shape index (κ2) is 4.61. The first-order valence-corrected chi connectivity index (χ1v) is 5.00. The van der Waals surface area contributed by atoms with Crippen LogP contribution in [0, 0.1) is 11.7 Å². The molecule has 0 aliphatic heterocycles. The van der Waals surface area contributed by atoms with Gasteiger partial charge < -0.3 is 0 Å². The first-order valence-electron chi connectivity index (χ1n) is 4.46. The molecular formula is C11H14ClF. The van der Waals surface area contributed by atoms with Crippen LogP contribution in [0.25, 0.3) is 0 Å². The van der Waals surface area contributed by atoms with Gasteiger partial charge in [-0.05, 0) is 29.5 Å². The molecule has 0 fully saturated rings. The SMILES string of the molecule is CC(C)C(CCl)c1cccc(F)c1. The van der Waals surface area contributed by atoms with Crippen molar-refractivity contribution in [2.75, 3.05) is 5.88 Å². The minimum Gasteiger partial charge on any atom is -0.207 e. The summed E-state index contributed by atoms with van der Waals surface area (Å²) in [5.74, 6) is 1.05. The average molecular weight is 201 g/mol. The van der Waals surface area contributed by atoms with Gasteiger partial charge in [0.25, 0.3) is 0 Å². The molecule has 0 aliphatic rings. The van der Waals surface area contributed by atoms with E-state index in [4.69, 9.17) is 11.6 Å². The van der Waals surface area contributed by atoms with E-state index in [2.05, 4.69) is 13.8 Å². The number of hydrogen-bond donors (Lipinski definition) is 0. The maximum Gasteiger partial charge on any atom is 0.123 e. The van der Waals surface area contributed by atoms with Gasteiger partial charge in [-0.1, -0.05) is 26.0 Å². The maximum atomic E-state index is 12.9. The minimum atomic E-state index is -0.187. The molecule has 0 saturated heterocycles. The molecule has 0 bridgehead atoms. The van der Waals surface area contributed by atoms with Crippen LogP contribution in [0.15, 0.2) is 24.3 Å². The van der Waals surface area contributed by atoms with Crippen LogP contribution in [0.5, 0.6) is 0 Å². The molecule has 2 heteroatoms. The van der Waals surface area contributed by atoms with Gasteiger partial charge in [0.2, 0.25) is 0 Å². The zero-order valence-electron chi connectivity index (χ0n) is 7.93. The lowest BCUT2D eigenvalue weighted by Gasteiger charge is -2.18. The van der Waals surface area contributed by atoms with Gasteiger partial charge in [0.1, 0.15) is 5.82 Å². The molecule has 1 atom stereocenters. The minimum absolute atomic E-state index is 0.187. The zero-order valence-corrected chi connectivity index (χ0v) is 8.68. The quantitative estimate of drug-likeness (QED) is 0.651. The van der Waals surface area contributed by atoms with Crippen LogP contribution >= 0.6 is 11.6 Å². The van der Waals surface area contributed by atoms with E-state index in [1.165, 1.54) is 6.07 Å². The second-order valence-corrected chi connectivity index (χ2v) is 3.87. The first kappa shape index (κ1) is 10.5. The summed E-state index contributed by atoms with van der Waals surface area (Å²) in [6.07, 6.45) is 0. The largest absolute Gasteiger partial charge is 0.207 e. The topological polar surface area (TPSA) is 0 Å². The Morgan fingerprint density at radius 2 is 2.08 bits per heavy atom. The van der Waals surface area contributed by atoms with Gasteiger partial charge in [-0.2, -0.15) is 0 Å². The van der Waals surface area contributed by atoms with Crippen molar-refractivity contribution in [2.45, 2.75) is 19.8 Å². The highest BCUT2D eigenvalue weighted by molar-refractivity contribution is 6.18. The van der Waals surface area contributed by atoms with Gasteiger partial charge in [-0.25, -0.2) is 4.39 Å². The monoisotopic (exact) mass is 200 g/mol. The predicted molar refractivity (Wildman–Crippen MR) is 54.7 cm³/mol. The fraction of sp³-hybridized carbons (Fsp3) is 0.455. The van der Waals surface area contributed by atoms with Gasteiger partial charge in [0.15, 0.2) is 0 Å². The smallest absolute Gasteiger partial charge is 0.123 e. The van der Waals surface area contributed by atoms with E-state index in [1.54, 1.807) is 12.1 Å². The zero-order chi connectivity index (χ0) is 9.84. The molecule has 0 aliphatic carbocycles. The average Bonchev–Trinajstić information content (AvgIpc) is 2.04. The Labute approximate surface area is 83.7 Å². The lowest BCUT2D eigenvalue weighted by atomic mass is 9.90. The summed E-state index contributed by atoms with van der Waals surface area (Å²) >= 11 is 5.83. The normalized spacial score (nSPS) is 13.3. The van der Waals surface area contributed by atoms with Crippen molar-refractivity contribution in [3.8, 4) is 0 Å². The van der Waals surface area contributed by atoms with E-state index in [0.29, 0.717) is 11.8 Å². The fourth-order valence-corrected chi connectivity index (χ4v) is 1.92. The highest BCUT2D eigenvalue weighted by Crippen LogP contribution is 2.25. The van der Waals surface area contributed by atoms with Gasteiger partial charge in [0, 0.05) is 5.88 Å². The highest BCUT2D eigenvalue weighted by Gasteiger charge is 2.14. The Balaban J connectivity index is 2.91. The third-order valence-electron chi connectivity index (χ3n) is 2.25. The second-order valence-electron chi connectivity index (χ2n) is 3.56. The van der Waals surface area contributed by atoms with Crippen molar-refractivity contribution in [2.24, 2.45) is 5.92 Å². The van der Waals surface area contributed by atoms with Crippen LogP contribution in [-0.4, -0.2) is 5.88 Å². The molecule has 0 aromatic heterocycles. The Hall–Kier alpha value is -0.560. The summed E-state index contributed by atoms with van der Waals surface area (Å²) in [5, 5.41) is 0. The summed E-state index contributed by atoms with van der Waals surface area (Å²) in [6.45, 7) is 4.19. The lowest BCUT2D eigenvalue weighted by Crippen LogP contribution is -2.08. The predicted octanol–water partition coefficient (Wildman–Crippen LogP) is 3.80. The number of alkyl halides is 1. The summed E-state index contributed by atoms with van der Waals surface area (Å²) < 4.78 is 12.9. The third kappa shape index (κ3) is 2.70. The van der Waals surface area contributed by atoms with Gasteiger partial charge in [-0.15, -0.1) is 11.6 Å². The third-order valence-corrected chi connectivity index (χ3v) is 2.58. The molecule has 0 spiro atoms. The lowest BCUT2D eigenvalue weighted by molar-refractivity contribution is 0.534. The Morgan fingerprint density at radius 1 is 1.38 bits per heavy atom. The van der Waals surface area contributed by atoms with Crippen LogP contribution in [0.4, 0.5) is 4.39 Å². The first-order chi connectivity index (χ1) is 6.15. The molecular weight excluding hydrogens is 187 g/mol. The molecule has 0 amide bonds. The standard InChI is InChI=1S/C11H14ClF/c1-8(2)11(7-12)9-4-3-5-10(13)6-9/h3-6,8,11H,7H2,1-2H3. The molecule has 1 aromatic carbocycles. The highest BCUT2D eigenvalue weighted by atomic mass is 35.5. The van der Waals surface area contributed by atoms with Crippen LogP contribution in [0.3, 0.4) is 0 Å². The number of hydrogen-bond acceptors (Lipinski definition) is 0. The Bertz CT molecular complexity index is 271. The van der Waals surface area contributed by atoms with Gasteiger partial charge in [0.05, 0.1) is 0 Å². The molecule has 13 heavy (non-hydrogen) atoms.